The van der Waals surface area contributed by atoms with Crippen molar-refractivity contribution in [3.63, 3.8) is 0 Å². The van der Waals surface area contributed by atoms with E-state index in [1.807, 2.05) is 6.07 Å². The van der Waals surface area contributed by atoms with Crippen molar-refractivity contribution in [3.8, 4) is 0 Å². The minimum Gasteiger partial charge on any atom is -0.480 e. The number of carboxylic acids is 1. The number of aliphatic carboxylic acids is 1. The van der Waals surface area contributed by atoms with Crippen LogP contribution in [0.5, 0.6) is 0 Å². The van der Waals surface area contributed by atoms with Crippen LogP contribution in [0.4, 0.5) is 0 Å². The van der Waals surface area contributed by atoms with Crippen molar-refractivity contribution in [1.82, 2.24) is 10.2 Å². The minimum atomic E-state index is -1.07. The fourth-order valence-corrected chi connectivity index (χ4v) is 1.80. The molecule has 0 radical (unpaired) electrons. The highest BCUT2D eigenvalue weighted by molar-refractivity contribution is 6.42. The molecule has 1 amide bonds. The molecule has 0 bridgehead atoms. The summed E-state index contributed by atoms with van der Waals surface area (Å²) in [5.74, 6) is -1.41. The number of hydrogen-bond acceptors (Lipinski definition) is 3. The van der Waals surface area contributed by atoms with Crippen LogP contribution in [0.2, 0.25) is 10.0 Å². The van der Waals surface area contributed by atoms with Gasteiger partial charge in [-0.05, 0) is 24.7 Å². The number of hydrogen-bond donors (Lipinski definition) is 2. The predicted molar refractivity (Wildman–Crippen MR) is 80.7 cm³/mol. The van der Waals surface area contributed by atoms with Crippen LogP contribution in [0.25, 0.3) is 0 Å². The lowest BCUT2D eigenvalue weighted by atomic mass is 10.2. The van der Waals surface area contributed by atoms with E-state index in [0.29, 0.717) is 16.6 Å². The lowest BCUT2D eigenvalue weighted by molar-refractivity contribution is -0.138. The van der Waals surface area contributed by atoms with Gasteiger partial charge in [0.15, 0.2) is 0 Å². The van der Waals surface area contributed by atoms with Crippen molar-refractivity contribution in [3.05, 3.63) is 33.8 Å². The van der Waals surface area contributed by atoms with Gasteiger partial charge in [0.2, 0.25) is 5.91 Å². The molecular formula is C12H15Cl3N2O3. The first kappa shape index (κ1) is 19.0. The first-order valence-electron chi connectivity index (χ1n) is 5.49. The maximum atomic E-state index is 11.4. The Hall–Kier alpha value is -1.01. The van der Waals surface area contributed by atoms with E-state index in [0.717, 1.165) is 5.56 Å². The van der Waals surface area contributed by atoms with E-state index in [-0.39, 0.29) is 31.4 Å². The molecule has 0 atom stereocenters. The number of nitrogens with one attached hydrogen (secondary N) is 1. The molecule has 0 aliphatic rings. The molecule has 0 heterocycles. The molecular weight excluding hydrogens is 327 g/mol. The highest BCUT2D eigenvalue weighted by Gasteiger charge is 2.09. The zero-order valence-corrected chi connectivity index (χ0v) is 13.1. The fourth-order valence-electron chi connectivity index (χ4n) is 1.48. The summed E-state index contributed by atoms with van der Waals surface area (Å²) < 4.78 is 0. The van der Waals surface area contributed by atoms with Gasteiger partial charge in [-0.2, -0.15) is 0 Å². The first-order chi connectivity index (χ1) is 8.88. The second-order valence-electron chi connectivity index (χ2n) is 4.09. The Kier molecular flexibility index (Phi) is 8.57. The standard InChI is InChI=1S/C12H14Cl2N2O3.ClH/c1-16(7-11(17)15-5-12(18)19)6-8-2-3-9(13)10(14)4-8;/h2-4H,5-7H2,1H3,(H,15,17)(H,18,19);1H. The van der Waals surface area contributed by atoms with Crippen LogP contribution in [0.1, 0.15) is 5.56 Å². The molecule has 1 rings (SSSR count). The van der Waals surface area contributed by atoms with Crippen LogP contribution in [0.3, 0.4) is 0 Å². The van der Waals surface area contributed by atoms with Gasteiger partial charge in [-0.15, -0.1) is 12.4 Å². The van der Waals surface area contributed by atoms with E-state index < -0.39 is 5.97 Å². The lowest BCUT2D eigenvalue weighted by Gasteiger charge is -2.16. The van der Waals surface area contributed by atoms with Crippen molar-refractivity contribution in [2.24, 2.45) is 0 Å². The van der Waals surface area contributed by atoms with Gasteiger partial charge in [0.1, 0.15) is 6.54 Å². The summed E-state index contributed by atoms with van der Waals surface area (Å²) in [4.78, 5) is 23.4. The summed E-state index contributed by atoms with van der Waals surface area (Å²) in [5.41, 5.74) is 0.919. The summed E-state index contributed by atoms with van der Waals surface area (Å²) in [6, 6.07) is 5.24. The second-order valence-corrected chi connectivity index (χ2v) is 4.91. The van der Waals surface area contributed by atoms with Gasteiger partial charge in [0, 0.05) is 6.54 Å². The molecule has 8 heteroatoms. The number of carboxylic acid groups (broad SMARTS) is 1. The molecule has 20 heavy (non-hydrogen) atoms. The number of amides is 1. The number of likely N-dealkylation sites (N-methyl/N-ethyl adjacent to an activating group) is 1. The molecule has 112 valence electrons. The van der Waals surface area contributed by atoms with Crippen LogP contribution >= 0.6 is 35.6 Å². The Morgan fingerprint density at radius 1 is 1.30 bits per heavy atom. The Balaban J connectivity index is 0.00000361. The summed E-state index contributed by atoms with van der Waals surface area (Å²) in [7, 11) is 1.75. The van der Waals surface area contributed by atoms with Crippen molar-refractivity contribution in [2.75, 3.05) is 20.1 Å². The van der Waals surface area contributed by atoms with Gasteiger partial charge < -0.3 is 10.4 Å². The third-order valence-electron chi connectivity index (χ3n) is 2.29. The normalized spacial score (nSPS) is 10.0. The first-order valence-corrected chi connectivity index (χ1v) is 6.25. The molecule has 0 fully saturated rings. The zero-order chi connectivity index (χ0) is 14.4. The number of rotatable bonds is 6. The van der Waals surface area contributed by atoms with Gasteiger partial charge >= 0.3 is 5.97 Å². The predicted octanol–water partition coefficient (Wildman–Crippen LogP) is 2.05. The van der Waals surface area contributed by atoms with Crippen LogP contribution in [0, 0.1) is 0 Å². The largest absolute Gasteiger partial charge is 0.480 e. The smallest absolute Gasteiger partial charge is 0.322 e. The van der Waals surface area contributed by atoms with Crippen molar-refractivity contribution in [1.29, 1.82) is 0 Å². The van der Waals surface area contributed by atoms with E-state index in [9.17, 15) is 9.59 Å². The Labute approximate surface area is 133 Å². The van der Waals surface area contributed by atoms with Gasteiger partial charge in [0.25, 0.3) is 0 Å². The quantitative estimate of drug-likeness (QED) is 0.831. The number of carbonyl (C=O) groups is 2. The van der Waals surface area contributed by atoms with Crippen LogP contribution < -0.4 is 5.32 Å². The SMILES string of the molecule is CN(CC(=O)NCC(=O)O)Cc1ccc(Cl)c(Cl)c1.Cl. The molecule has 0 unspecified atom stereocenters. The van der Waals surface area contributed by atoms with Crippen molar-refractivity contribution in [2.45, 2.75) is 6.54 Å². The summed E-state index contributed by atoms with van der Waals surface area (Å²) >= 11 is 11.7. The topological polar surface area (TPSA) is 69.6 Å². The number of benzene rings is 1. The monoisotopic (exact) mass is 340 g/mol. The van der Waals surface area contributed by atoms with E-state index in [4.69, 9.17) is 28.3 Å². The van der Waals surface area contributed by atoms with E-state index in [2.05, 4.69) is 5.32 Å². The number of halogens is 3. The van der Waals surface area contributed by atoms with Gasteiger partial charge in [-0.1, -0.05) is 29.3 Å². The fraction of sp³-hybridized carbons (Fsp3) is 0.333. The molecule has 0 aliphatic heterocycles. The molecule has 0 saturated carbocycles. The molecule has 1 aromatic rings. The average molecular weight is 342 g/mol. The van der Waals surface area contributed by atoms with Gasteiger partial charge in [-0.25, -0.2) is 0 Å². The molecule has 0 spiro atoms. The van der Waals surface area contributed by atoms with E-state index in [1.165, 1.54) is 0 Å². The summed E-state index contributed by atoms with van der Waals surface area (Å²) in [6.07, 6.45) is 0. The minimum absolute atomic E-state index is 0. The van der Waals surface area contributed by atoms with Crippen LogP contribution in [-0.4, -0.2) is 42.0 Å². The summed E-state index contributed by atoms with van der Waals surface area (Å²) in [6.45, 7) is 0.240. The third-order valence-corrected chi connectivity index (χ3v) is 3.03. The molecule has 0 aliphatic carbocycles. The number of carbonyl (C=O) groups excluding carboxylic acids is 1. The average Bonchev–Trinajstić information content (AvgIpc) is 2.31. The summed E-state index contributed by atoms with van der Waals surface area (Å²) in [5, 5.41) is 11.7. The maximum absolute atomic E-state index is 11.4. The molecule has 0 saturated heterocycles. The number of nitrogens with zero attached hydrogens (tertiary/aromatic N) is 1. The second kappa shape index (κ2) is 9.02. The molecule has 0 aromatic heterocycles. The Bertz CT molecular complexity index is 483. The highest BCUT2D eigenvalue weighted by atomic mass is 35.5. The molecule has 2 N–H and O–H groups in total. The van der Waals surface area contributed by atoms with Crippen molar-refractivity contribution >= 4 is 47.5 Å². The van der Waals surface area contributed by atoms with Gasteiger partial charge in [0.05, 0.1) is 16.6 Å². The van der Waals surface area contributed by atoms with Crippen molar-refractivity contribution < 1.29 is 14.7 Å². The Morgan fingerprint density at radius 2 is 1.95 bits per heavy atom. The molecule has 5 nitrogen and oxygen atoms in total. The highest BCUT2D eigenvalue weighted by Crippen LogP contribution is 2.22. The maximum Gasteiger partial charge on any atom is 0.322 e. The third kappa shape index (κ3) is 6.96. The van der Waals surface area contributed by atoms with E-state index >= 15 is 0 Å². The molecule has 1 aromatic carbocycles. The van der Waals surface area contributed by atoms with Crippen LogP contribution in [-0.2, 0) is 16.1 Å². The van der Waals surface area contributed by atoms with E-state index in [1.54, 1.807) is 24.1 Å². The Morgan fingerprint density at radius 3 is 2.50 bits per heavy atom. The lowest BCUT2D eigenvalue weighted by Crippen LogP contribution is -2.37. The zero-order valence-electron chi connectivity index (χ0n) is 10.7. The van der Waals surface area contributed by atoms with Gasteiger partial charge in [-0.3, -0.25) is 14.5 Å². The van der Waals surface area contributed by atoms with Crippen LogP contribution in [0.15, 0.2) is 18.2 Å².